The third-order valence-electron chi connectivity index (χ3n) is 5.13. The molecule has 0 N–H and O–H groups in total. The lowest BCUT2D eigenvalue weighted by molar-refractivity contribution is -0.136. The number of carbonyl (C=O) groups is 2. The van der Waals surface area contributed by atoms with Gasteiger partial charge in [-0.3, -0.25) is 9.59 Å². The predicted octanol–water partition coefficient (Wildman–Crippen LogP) is 0.905. The van der Waals surface area contributed by atoms with Crippen LogP contribution < -0.4 is 0 Å². The van der Waals surface area contributed by atoms with E-state index in [9.17, 15) is 9.59 Å². The highest BCUT2D eigenvalue weighted by atomic mass is 32.1. The minimum absolute atomic E-state index is 0.00184. The van der Waals surface area contributed by atoms with Crippen molar-refractivity contribution in [3.8, 4) is 0 Å². The Kier molecular flexibility index (Phi) is 3.85. The number of fused-ring (bicyclic) bond motifs is 1. The summed E-state index contributed by atoms with van der Waals surface area (Å²) >= 11 is 1.61. The van der Waals surface area contributed by atoms with Crippen molar-refractivity contribution in [2.45, 2.75) is 19.9 Å². The maximum Gasteiger partial charge on any atom is 0.228 e. The number of ether oxygens (including phenoxy) is 1. The molecule has 1 aromatic heterocycles. The fraction of sp³-hybridized carbons (Fsp3) is 0.688. The Morgan fingerprint density at radius 2 is 2.30 bits per heavy atom. The van der Waals surface area contributed by atoms with Crippen molar-refractivity contribution in [2.75, 3.05) is 32.8 Å². The van der Waals surface area contributed by atoms with Crippen LogP contribution >= 0.6 is 11.3 Å². The van der Waals surface area contributed by atoms with Crippen LogP contribution in [0.25, 0.3) is 0 Å². The van der Waals surface area contributed by atoms with Gasteiger partial charge in [0.1, 0.15) is 0 Å². The molecule has 0 radical (unpaired) electrons. The van der Waals surface area contributed by atoms with Crippen molar-refractivity contribution in [2.24, 2.45) is 17.8 Å². The molecule has 3 atom stereocenters. The molecule has 124 valence electrons. The molecule has 0 spiro atoms. The van der Waals surface area contributed by atoms with Gasteiger partial charge in [-0.25, -0.2) is 4.98 Å². The van der Waals surface area contributed by atoms with Gasteiger partial charge in [-0.05, 0) is 13.3 Å². The second-order valence-electron chi connectivity index (χ2n) is 6.75. The monoisotopic (exact) mass is 335 g/mol. The Morgan fingerprint density at radius 3 is 2.96 bits per heavy atom. The van der Waals surface area contributed by atoms with Crippen molar-refractivity contribution >= 4 is 23.2 Å². The molecular weight excluding hydrogens is 314 g/mol. The summed E-state index contributed by atoms with van der Waals surface area (Å²) in [6, 6.07) is 0. The number of aryl methyl sites for hydroxylation is 1. The van der Waals surface area contributed by atoms with E-state index in [1.807, 2.05) is 22.1 Å². The minimum atomic E-state index is -0.0268. The molecule has 7 heteroatoms. The molecular formula is C16H21N3O3S. The average molecular weight is 335 g/mol. The molecule has 6 nitrogen and oxygen atoms in total. The van der Waals surface area contributed by atoms with E-state index in [1.165, 1.54) is 0 Å². The number of amides is 2. The van der Waals surface area contributed by atoms with Gasteiger partial charge in [-0.2, -0.15) is 0 Å². The number of thiazole rings is 1. The van der Waals surface area contributed by atoms with E-state index in [-0.39, 0.29) is 29.6 Å². The molecule has 0 saturated carbocycles. The van der Waals surface area contributed by atoms with Gasteiger partial charge in [0, 0.05) is 37.5 Å². The number of likely N-dealkylation sites (tertiary alicyclic amines) is 2. The highest BCUT2D eigenvalue weighted by Crippen LogP contribution is 2.34. The molecule has 0 aliphatic carbocycles. The Balaban J connectivity index is 1.38. The highest BCUT2D eigenvalue weighted by Gasteiger charge is 2.48. The lowest BCUT2D eigenvalue weighted by Crippen LogP contribution is -2.38. The number of rotatable bonds is 3. The summed E-state index contributed by atoms with van der Waals surface area (Å²) in [7, 11) is 0. The largest absolute Gasteiger partial charge is 0.381 e. The van der Waals surface area contributed by atoms with Crippen LogP contribution in [0, 0.1) is 24.7 Å². The van der Waals surface area contributed by atoms with Gasteiger partial charge >= 0.3 is 0 Å². The summed E-state index contributed by atoms with van der Waals surface area (Å²) in [6.45, 7) is 5.81. The summed E-state index contributed by atoms with van der Waals surface area (Å²) in [6.07, 6.45) is 0.813. The topological polar surface area (TPSA) is 62.7 Å². The maximum absolute atomic E-state index is 12.6. The quantitative estimate of drug-likeness (QED) is 0.823. The standard InChI is InChI=1S/C16H21N3O3S/c1-10-17-13(9-23-10)6-18-4-12-5-19(7-14(12)16(18)21)15(20)11-2-3-22-8-11/h9,11-12,14H,2-8H2,1H3/t11-,12+,14-/m0/s1. The third-order valence-corrected chi connectivity index (χ3v) is 5.96. The minimum Gasteiger partial charge on any atom is -0.381 e. The first kappa shape index (κ1) is 15.1. The Hall–Kier alpha value is -1.47. The molecule has 0 unspecified atom stereocenters. The van der Waals surface area contributed by atoms with Crippen molar-refractivity contribution in [1.29, 1.82) is 0 Å². The predicted molar refractivity (Wildman–Crippen MR) is 84.8 cm³/mol. The third kappa shape index (κ3) is 2.76. The van der Waals surface area contributed by atoms with E-state index in [0.717, 1.165) is 23.7 Å². The number of aromatic nitrogens is 1. The van der Waals surface area contributed by atoms with E-state index in [4.69, 9.17) is 4.74 Å². The molecule has 1 aromatic rings. The molecule has 4 rings (SSSR count). The second-order valence-corrected chi connectivity index (χ2v) is 7.81. The molecule has 23 heavy (non-hydrogen) atoms. The molecule has 3 aliphatic rings. The number of hydrogen-bond donors (Lipinski definition) is 0. The van der Waals surface area contributed by atoms with E-state index >= 15 is 0 Å². The van der Waals surface area contributed by atoms with Crippen molar-refractivity contribution in [3.63, 3.8) is 0 Å². The Bertz CT molecular complexity index is 626. The van der Waals surface area contributed by atoms with Gasteiger partial charge in [0.25, 0.3) is 0 Å². The fourth-order valence-electron chi connectivity index (χ4n) is 3.93. The zero-order valence-corrected chi connectivity index (χ0v) is 14.1. The zero-order chi connectivity index (χ0) is 16.0. The smallest absolute Gasteiger partial charge is 0.228 e. The normalized spacial score (nSPS) is 30.3. The first-order valence-corrected chi connectivity index (χ1v) is 9.06. The summed E-state index contributed by atoms with van der Waals surface area (Å²) in [5, 5.41) is 3.05. The fourth-order valence-corrected chi connectivity index (χ4v) is 4.53. The number of hydrogen-bond acceptors (Lipinski definition) is 5. The Morgan fingerprint density at radius 1 is 1.43 bits per heavy atom. The van der Waals surface area contributed by atoms with Gasteiger partial charge in [0.05, 0.1) is 35.7 Å². The first-order chi connectivity index (χ1) is 11.1. The van der Waals surface area contributed by atoms with Crippen LogP contribution in [0.5, 0.6) is 0 Å². The van der Waals surface area contributed by atoms with E-state index in [0.29, 0.717) is 32.8 Å². The molecule has 3 saturated heterocycles. The van der Waals surface area contributed by atoms with Crippen molar-refractivity contribution in [3.05, 3.63) is 16.1 Å². The van der Waals surface area contributed by atoms with Gasteiger partial charge in [-0.15, -0.1) is 11.3 Å². The molecule has 4 heterocycles. The number of carbonyl (C=O) groups excluding carboxylic acids is 2. The van der Waals surface area contributed by atoms with Gasteiger partial charge in [0.2, 0.25) is 11.8 Å². The van der Waals surface area contributed by atoms with E-state index < -0.39 is 0 Å². The van der Waals surface area contributed by atoms with Crippen LogP contribution in [-0.2, 0) is 20.9 Å². The summed E-state index contributed by atoms with van der Waals surface area (Å²) in [5.74, 6) is 0.595. The van der Waals surface area contributed by atoms with Crippen LogP contribution in [0.1, 0.15) is 17.1 Å². The molecule has 2 amide bonds. The molecule has 0 aromatic carbocycles. The van der Waals surface area contributed by atoms with Crippen LogP contribution in [0.4, 0.5) is 0 Å². The van der Waals surface area contributed by atoms with Crippen molar-refractivity contribution < 1.29 is 14.3 Å². The lowest BCUT2D eigenvalue weighted by Gasteiger charge is -2.23. The lowest BCUT2D eigenvalue weighted by atomic mass is 10.0. The van der Waals surface area contributed by atoms with Gasteiger partial charge in [-0.1, -0.05) is 0 Å². The number of nitrogens with zero attached hydrogens (tertiary/aromatic N) is 3. The highest BCUT2D eigenvalue weighted by molar-refractivity contribution is 7.09. The summed E-state index contributed by atoms with van der Waals surface area (Å²) < 4.78 is 5.31. The first-order valence-electron chi connectivity index (χ1n) is 8.18. The van der Waals surface area contributed by atoms with Crippen LogP contribution in [0.3, 0.4) is 0 Å². The second kappa shape index (κ2) is 5.87. The van der Waals surface area contributed by atoms with E-state index in [2.05, 4.69) is 4.98 Å². The van der Waals surface area contributed by atoms with Crippen LogP contribution in [-0.4, -0.2) is 59.4 Å². The van der Waals surface area contributed by atoms with Gasteiger partial charge in [0.15, 0.2) is 0 Å². The molecule has 0 bridgehead atoms. The molecule has 3 aliphatic heterocycles. The SMILES string of the molecule is Cc1nc(CN2C[C@@H]3CN(C(=O)[C@H]4CCOC4)C[C@@H]3C2=O)cs1. The Labute approximate surface area is 139 Å². The van der Waals surface area contributed by atoms with Crippen molar-refractivity contribution in [1.82, 2.24) is 14.8 Å². The molecule has 3 fully saturated rings. The average Bonchev–Trinajstić information content (AvgIpc) is 3.28. The summed E-state index contributed by atoms with van der Waals surface area (Å²) in [4.78, 5) is 33.3. The van der Waals surface area contributed by atoms with Gasteiger partial charge < -0.3 is 14.5 Å². The van der Waals surface area contributed by atoms with Crippen LogP contribution in [0.15, 0.2) is 5.38 Å². The van der Waals surface area contributed by atoms with E-state index in [1.54, 1.807) is 11.3 Å². The maximum atomic E-state index is 12.6. The zero-order valence-electron chi connectivity index (χ0n) is 13.2. The summed E-state index contributed by atoms with van der Waals surface area (Å²) in [5.41, 5.74) is 0.969. The van der Waals surface area contributed by atoms with Crippen LogP contribution in [0.2, 0.25) is 0 Å².